The van der Waals surface area contributed by atoms with Crippen molar-refractivity contribution in [2.24, 2.45) is 0 Å². The Bertz CT molecular complexity index is 428. The number of rotatable bonds is 12. The van der Waals surface area contributed by atoms with Crippen LogP contribution in [0, 0.1) is 0 Å². The Morgan fingerprint density at radius 3 is 1.39 bits per heavy atom. The summed E-state index contributed by atoms with van der Waals surface area (Å²) in [6.07, 6.45) is 11.7. The minimum absolute atomic E-state index is 0. The molecule has 0 aromatic heterocycles. The summed E-state index contributed by atoms with van der Waals surface area (Å²) < 4.78 is 66.0. The average molecular weight is 403 g/mol. The van der Waals surface area contributed by atoms with Gasteiger partial charge in [0.05, 0.1) is 6.61 Å². The Kier molecular flexibility index (Phi) is 23.0. The molecule has 0 aliphatic rings. The van der Waals surface area contributed by atoms with Crippen LogP contribution in [0.4, 0.5) is 0 Å². The van der Waals surface area contributed by atoms with Crippen molar-refractivity contribution in [3.05, 3.63) is 0 Å². The Balaban J connectivity index is -0.000000578. The van der Waals surface area contributed by atoms with E-state index in [1.165, 1.54) is 44.9 Å². The summed E-state index contributed by atoms with van der Waals surface area (Å²) in [6, 6.07) is 0. The van der Waals surface area contributed by atoms with Crippen molar-refractivity contribution in [3.63, 3.8) is 0 Å². The molecular formula is C12H27KO8S2. The molecule has 0 aliphatic heterocycles. The second kappa shape index (κ2) is 18.2. The Hall–Kier alpha value is 1.38. The average Bonchev–Trinajstić information content (AvgIpc) is 2.32. The van der Waals surface area contributed by atoms with Gasteiger partial charge in [0.25, 0.3) is 0 Å². The van der Waals surface area contributed by atoms with E-state index in [4.69, 9.17) is 17.5 Å². The van der Waals surface area contributed by atoms with Gasteiger partial charge in [-0.25, -0.2) is 8.42 Å². The van der Waals surface area contributed by atoms with Crippen LogP contribution < -0.4 is 51.4 Å². The third kappa shape index (κ3) is 45.2. The van der Waals surface area contributed by atoms with Gasteiger partial charge in [-0.05, 0) is 6.42 Å². The van der Waals surface area contributed by atoms with Crippen LogP contribution in [0.25, 0.3) is 0 Å². The molecule has 0 aromatic carbocycles. The maximum absolute atomic E-state index is 10.1. The van der Waals surface area contributed by atoms with Crippen LogP contribution in [0.2, 0.25) is 0 Å². The van der Waals surface area contributed by atoms with Crippen LogP contribution >= 0.6 is 0 Å². The maximum Gasteiger partial charge on any atom is 1.00 e. The van der Waals surface area contributed by atoms with Crippen LogP contribution in [0.5, 0.6) is 0 Å². The second-order valence-electron chi connectivity index (χ2n) is 4.86. The number of hydrogen-bond donors (Lipinski definition) is 2. The molecular weight excluding hydrogens is 375 g/mol. The van der Waals surface area contributed by atoms with E-state index < -0.39 is 20.8 Å². The van der Waals surface area contributed by atoms with Crippen LogP contribution in [0.15, 0.2) is 0 Å². The van der Waals surface area contributed by atoms with Crippen LogP contribution in [0.1, 0.15) is 71.1 Å². The monoisotopic (exact) mass is 402 g/mol. The molecule has 0 bridgehead atoms. The fourth-order valence-electron chi connectivity index (χ4n) is 1.75. The van der Waals surface area contributed by atoms with Crippen LogP contribution in [0.3, 0.4) is 0 Å². The Labute approximate surface area is 182 Å². The molecule has 0 saturated carbocycles. The molecule has 8 nitrogen and oxygen atoms in total. The van der Waals surface area contributed by atoms with E-state index in [-0.39, 0.29) is 58.0 Å². The fourth-order valence-corrected chi connectivity index (χ4v) is 2.07. The van der Waals surface area contributed by atoms with E-state index in [1.54, 1.807) is 0 Å². The molecule has 0 unspecified atom stereocenters. The van der Waals surface area contributed by atoms with Crippen molar-refractivity contribution < 1.29 is 86.1 Å². The SMILES string of the molecule is CCCCCCCCCCCCOS(=O)(=O)[O-].O=S(=O)(O)O.[K+]. The molecule has 136 valence electrons. The summed E-state index contributed by atoms with van der Waals surface area (Å²) >= 11 is 0. The quantitative estimate of drug-likeness (QED) is 0.197. The summed E-state index contributed by atoms with van der Waals surface area (Å²) in [5.41, 5.74) is 0. The van der Waals surface area contributed by atoms with Gasteiger partial charge in [-0.3, -0.25) is 13.3 Å². The molecule has 0 radical (unpaired) electrons. The van der Waals surface area contributed by atoms with Crippen molar-refractivity contribution in [2.75, 3.05) is 6.61 Å². The molecule has 0 atom stereocenters. The van der Waals surface area contributed by atoms with E-state index in [9.17, 15) is 13.0 Å². The molecule has 23 heavy (non-hydrogen) atoms. The minimum atomic E-state index is -4.67. The first-order valence-electron chi connectivity index (χ1n) is 7.36. The van der Waals surface area contributed by atoms with Crippen molar-refractivity contribution >= 4 is 20.8 Å². The first kappa shape index (κ1) is 29.2. The molecule has 0 fully saturated rings. The van der Waals surface area contributed by atoms with E-state index >= 15 is 0 Å². The van der Waals surface area contributed by atoms with Gasteiger partial charge in [-0.1, -0.05) is 64.7 Å². The standard InChI is InChI=1S/C12H26O4S.K.H2O4S/c1-2-3-4-5-6-7-8-9-10-11-12-16-17(13,14)15;;1-5(2,3)4/h2-12H2,1H3,(H,13,14,15);;(H2,1,2,3,4)/q;+1;/p-1. The zero-order chi connectivity index (χ0) is 17.5. The smallest absolute Gasteiger partial charge is 0.726 e. The predicted octanol–water partition coefficient (Wildman–Crippen LogP) is -0.265. The van der Waals surface area contributed by atoms with Crippen LogP contribution in [-0.2, 0) is 25.0 Å². The zero-order valence-corrected chi connectivity index (χ0v) is 18.7. The van der Waals surface area contributed by atoms with E-state index in [0.717, 1.165) is 12.8 Å². The normalized spacial score (nSPS) is 11.3. The first-order valence-corrected chi connectivity index (χ1v) is 10.1. The van der Waals surface area contributed by atoms with Gasteiger partial charge in [-0.15, -0.1) is 0 Å². The molecule has 0 rings (SSSR count). The minimum Gasteiger partial charge on any atom is -0.726 e. The third-order valence-electron chi connectivity index (χ3n) is 2.73. The van der Waals surface area contributed by atoms with Gasteiger partial charge in [0.2, 0.25) is 10.4 Å². The topological polar surface area (TPSA) is 141 Å². The van der Waals surface area contributed by atoms with E-state index in [2.05, 4.69) is 11.1 Å². The Morgan fingerprint density at radius 2 is 1.09 bits per heavy atom. The molecule has 0 amide bonds. The van der Waals surface area contributed by atoms with Crippen molar-refractivity contribution in [3.8, 4) is 0 Å². The maximum atomic E-state index is 10.1. The second-order valence-corrected chi connectivity index (χ2v) is 6.81. The van der Waals surface area contributed by atoms with Gasteiger partial charge < -0.3 is 4.55 Å². The number of unbranched alkanes of at least 4 members (excludes halogenated alkanes) is 9. The van der Waals surface area contributed by atoms with Crippen molar-refractivity contribution in [1.29, 1.82) is 0 Å². The van der Waals surface area contributed by atoms with Gasteiger partial charge in [-0.2, -0.15) is 8.42 Å². The summed E-state index contributed by atoms with van der Waals surface area (Å²) in [4.78, 5) is 0. The summed E-state index contributed by atoms with van der Waals surface area (Å²) in [5.74, 6) is 0. The van der Waals surface area contributed by atoms with Crippen molar-refractivity contribution in [2.45, 2.75) is 71.1 Å². The molecule has 0 heterocycles. The first-order chi connectivity index (χ1) is 10.1. The summed E-state index contributed by atoms with van der Waals surface area (Å²) in [7, 11) is -9.15. The zero-order valence-electron chi connectivity index (χ0n) is 13.9. The molecule has 2 N–H and O–H groups in total. The molecule has 0 saturated heterocycles. The molecule has 0 aliphatic carbocycles. The summed E-state index contributed by atoms with van der Waals surface area (Å²) in [6.45, 7) is 2.24. The predicted molar refractivity (Wildman–Crippen MR) is 81.7 cm³/mol. The van der Waals surface area contributed by atoms with E-state index in [1.807, 2.05) is 0 Å². The van der Waals surface area contributed by atoms with Gasteiger partial charge in [0.1, 0.15) is 0 Å². The molecule has 0 spiro atoms. The number of hydrogen-bond acceptors (Lipinski definition) is 6. The van der Waals surface area contributed by atoms with Gasteiger partial charge in [0.15, 0.2) is 0 Å². The fraction of sp³-hybridized carbons (Fsp3) is 1.00. The van der Waals surface area contributed by atoms with E-state index in [0.29, 0.717) is 6.42 Å². The van der Waals surface area contributed by atoms with Crippen molar-refractivity contribution in [1.82, 2.24) is 0 Å². The summed E-state index contributed by atoms with van der Waals surface area (Å²) in [5, 5.41) is 0. The van der Waals surface area contributed by atoms with Crippen LogP contribution in [-0.4, -0.2) is 37.1 Å². The third-order valence-corrected chi connectivity index (χ3v) is 3.18. The van der Waals surface area contributed by atoms with Gasteiger partial charge in [0, 0.05) is 0 Å². The Morgan fingerprint density at radius 1 is 0.783 bits per heavy atom. The van der Waals surface area contributed by atoms with Gasteiger partial charge >= 0.3 is 61.8 Å². The molecule has 11 heteroatoms. The largest absolute Gasteiger partial charge is 1.00 e. The molecule has 0 aromatic rings.